The lowest BCUT2D eigenvalue weighted by atomic mass is 9.42. The SMILES string of the molecule is NS(=O)(=O)c1ccc(CNC(=O)C23C[C@@H]4C[C@@H](C2)CC(c2ccccc2)(C4)C3)cc1. The van der Waals surface area contributed by atoms with Crippen LogP contribution in [-0.4, -0.2) is 14.3 Å². The number of sulfonamides is 1. The second-order valence-electron chi connectivity index (χ2n) is 9.76. The van der Waals surface area contributed by atoms with Gasteiger partial charge in [-0.25, -0.2) is 13.6 Å². The lowest BCUT2D eigenvalue weighted by Crippen LogP contribution is -2.59. The first-order valence-electron chi connectivity index (χ1n) is 10.7. The van der Waals surface area contributed by atoms with E-state index in [1.54, 1.807) is 12.1 Å². The van der Waals surface area contributed by atoms with Crippen molar-refractivity contribution in [2.24, 2.45) is 22.4 Å². The zero-order valence-corrected chi connectivity index (χ0v) is 17.8. The third-order valence-corrected chi connectivity index (χ3v) is 8.56. The Morgan fingerprint density at radius 2 is 1.60 bits per heavy atom. The molecular formula is C24H28N2O3S. The Kier molecular flexibility index (Phi) is 4.56. The number of carbonyl (C=O) groups is 1. The molecule has 2 aromatic rings. The van der Waals surface area contributed by atoms with Crippen molar-refractivity contribution in [2.45, 2.75) is 55.4 Å². The summed E-state index contributed by atoms with van der Waals surface area (Å²) in [4.78, 5) is 13.5. The summed E-state index contributed by atoms with van der Waals surface area (Å²) in [5.41, 5.74) is 2.13. The largest absolute Gasteiger partial charge is 0.352 e. The Morgan fingerprint density at radius 3 is 2.20 bits per heavy atom. The van der Waals surface area contributed by atoms with Gasteiger partial charge in [-0.1, -0.05) is 42.5 Å². The highest BCUT2D eigenvalue weighted by molar-refractivity contribution is 7.89. The molecule has 0 heterocycles. The number of primary sulfonamides is 1. The molecule has 0 aromatic heterocycles. The summed E-state index contributed by atoms with van der Waals surface area (Å²) in [7, 11) is -3.70. The number of amides is 1. The van der Waals surface area contributed by atoms with Gasteiger partial charge in [0, 0.05) is 6.54 Å². The first kappa shape index (κ1) is 19.8. The van der Waals surface area contributed by atoms with E-state index in [1.807, 2.05) is 0 Å². The number of benzene rings is 2. The van der Waals surface area contributed by atoms with Crippen LogP contribution in [0, 0.1) is 17.3 Å². The van der Waals surface area contributed by atoms with Crippen LogP contribution in [0.2, 0.25) is 0 Å². The maximum absolute atomic E-state index is 13.4. The quantitative estimate of drug-likeness (QED) is 0.770. The van der Waals surface area contributed by atoms with Gasteiger partial charge < -0.3 is 5.32 Å². The minimum atomic E-state index is -3.70. The molecule has 0 spiro atoms. The van der Waals surface area contributed by atoms with Crippen LogP contribution in [0.3, 0.4) is 0 Å². The van der Waals surface area contributed by atoms with E-state index in [2.05, 4.69) is 35.6 Å². The molecule has 158 valence electrons. The minimum absolute atomic E-state index is 0.0865. The Balaban J connectivity index is 1.34. The van der Waals surface area contributed by atoms with Crippen molar-refractivity contribution < 1.29 is 13.2 Å². The molecule has 4 aliphatic carbocycles. The molecule has 4 aliphatic rings. The second-order valence-corrected chi connectivity index (χ2v) is 11.3. The Hall–Kier alpha value is -2.18. The summed E-state index contributed by atoms with van der Waals surface area (Å²) in [6.07, 6.45) is 6.60. The Bertz CT molecular complexity index is 1050. The van der Waals surface area contributed by atoms with E-state index < -0.39 is 10.0 Å². The van der Waals surface area contributed by atoms with Crippen LogP contribution in [0.25, 0.3) is 0 Å². The summed E-state index contributed by atoms with van der Waals surface area (Å²) in [6, 6.07) is 17.2. The first-order valence-corrected chi connectivity index (χ1v) is 12.3. The van der Waals surface area contributed by atoms with Crippen molar-refractivity contribution in [3.63, 3.8) is 0 Å². The fraction of sp³-hybridized carbons (Fsp3) is 0.458. The van der Waals surface area contributed by atoms with Crippen molar-refractivity contribution >= 4 is 15.9 Å². The summed E-state index contributed by atoms with van der Waals surface area (Å²) >= 11 is 0. The average Bonchev–Trinajstić information content (AvgIpc) is 2.71. The smallest absolute Gasteiger partial charge is 0.238 e. The Morgan fingerprint density at radius 1 is 0.967 bits per heavy atom. The first-order chi connectivity index (χ1) is 14.3. The summed E-state index contributed by atoms with van der Waals surface area (Å²) in [6.45, 7) is 0.402. The molecule has 0 unspecified atom stereocenters. The fourth-order valence-corrected chi connectivity index (χ4v) is 7.34. The maximum atomic E-state index is 13.4. The van der Waals surface area contributed by atoms with Gasteiger partial charge in [0.05, 0.1) is 10.3 Å². The van der Waals surface area contributed by atoms with Crippen molar-refractivity contribution in [1.82, 2.24) is 5.32 Å². The number of nitrogens with one attached hydrogen (secondary N) is 1. The molecule has 2 atom stereocenters. The van der Waals surface area contributed by atoms with Crippen molar-refractivity contribution in [2.75, 3.05) is 0 Å². The van der Waals surface area contributed by atoms with Gasteiger partial charge in [0.25, 0.3) is 0 Å². The molecule has 6 rings (SSSR count). The number of carbonyl (C=O) groups excluding carboxylic acids is 1. The van der Waals surface area contributed by atoms with E-state index in [4.69, 9.17) is 5.14 Å². The predicted octanol–water partition coefficient (Wildman–Crippen LogP) is 3.49. The topological polar surface area (TPSA) is 89.3 Å². The van der Waals surface area contributed by atoms with Crippen LogP contribution in [0.15, 0.2) is 59.5 Å². The molecular weight excluding hydrogens is 396 g/mol. The van der Waals surface area contributed by atoms with Crippen LogP contribution in [0.4, 0.5) is 0 Å². The molecule has 1 amide bonds. The lowest BCUT2D eigenvalue weighted by Gasteiger charge is -2.61. The maximum Gasteiger partial charge on any atom is 0.238 e. The highest BCUT2D eigenvalue weighted by Crippen LogP contribution is 2.65. The van der Waals surface area contributed by atoms with E-state index >= 15 is 0 Å². The highest BCUT2D eigenvalue weighted by Gasteiger charge is 2.60. The second kappa shape index (κ2) is 6.92. The van der Waals surface area contributed by atoms with Gasteiger partial charge in [-0.05, 0) is 79.0 Å². The number of hydrogen-bond acceptors (Lipinski definition) is 3. The number of nitrogens with two attached hydrogens (primary N) is 1. The van der Waals surface area contributed by atoms with Crippen LogP contribution < -0.4 is 10.5 Å². The van der Waals surface area contributed by atoms with Gasteiger partial charge >= 0.3 is 0 Å². The predicted molar refractivity (Wildman–Crippen MR) is 115 cm³/mol. The van der Waals surface area contributed by atoms with Crippen molar-refractivity contribution in [1.29, 1.82) is 0 Å². The zero-order chi connectivity index (χ0) is 21.0. The molecule has 0 saturated heterocycles. The summed E-state index contributed by atoms with van der Waals surface area (Å²) in [5.74, 6) is 1.42. The molecule has 2 aromatic carbocycles. The monoisotopic (exact) mass is 424 g/mol. The molecule has 30 heavy (non-hydrogen) atoms. The van der Waals surface area contributed by atoms with Gasteiger partial charge in [-0.3, -0.25) is 4.79 Å². The fourth-order valence-electron chi connectivity index (χ4n) is 6.82. The van der Waals surface area contributed by atoms with Crippen LogP contribution >= 0.6 is 0 Å². The zero-order valence-electron chi connectivity index (χ0n) is 17.0. The van der Waals surface area contributed by atoms with Gasteiger partial charge in [-0.2, -0.15) is 0 Å². The standard InChI is InChI=1S/C24H28N2O3S/c25-30(28,29)21-8-6-17(7-9-21)15-26-22(27)24-13-18-10-19(14-24)12-23(11-18,16-24)20-4-2-1-3-5-20/h1-9,18-19H,10-16H2,(H,26,27)(H2,25,28,29)/t18-,19-,23?,24?/m1/s1. The Labute approximate surface area is 178 Å². The van der Waals surface area contributed by atoms with E-state index in [1.165, 1.54) is 37.0 Å². The molecule has 6 heteroatoms. The molecule has 0 aliphatic heterocycles. The van der Waals surface area contributed by atoms with Crippen LogP contribution in [0.5, 0.6) is 0 Å². The summed E-state index contributed by atoms with van der Waals surface area (Å²) < 4.78 is 22.8. The van der Waals surface area contributed by atoms with Gasteiger partial charge in [0.1, 0.15) is 0 Å². The van der Waals surface area contributed by atoms with Gasteiger partial charge in [0.2, 0.25) is 15.9 Å². The van der Waals surface area contributed by atoms with E-state index in [0.29, 0.717) is 18.4 Å². The number of rotatable bonds is 5. The summed E-state index contributed by atoms with van der Waals surface area (Å²) in [5, 5.41) is 8.32. The lowest BCUT2D eigenvalue weighted by molar-refractivity contribution is -0.149. The van der Waals surface area contributed by atoms with E-state index in [0.717, 1.165) is 24.8 Å². The minimum Gasteiger partial charge on any atom is -0.352 e. The third-order valence-electron chi connectivity index (χ3n) is 7.63. The molecule has 5 nitrogen and oxygen atoms in total. The average molecular weight is 425 g/mol. The molecule has 3 N–H and O–H groups in total. The normalized spacial score (nSPS) is 32.2. The highest BCUT2D eigenvalue weighted by atomic mass is 32.2. The molecule has 0 radical (unpaired) electrons. The van der Waals surface area contributed by atoms with Crippen LogP contribution in [0.1, 0.15) is 49.7 Å². The molecule has 4 bridgehead atoms. The van der Waals surface area contributed by atoms with E-state index in [-0.39, 0.29) is 21.6 Å². The molecule has 4 fully saturated rings. The third kappa shape index (κ3) is 3.36. The van der Waals surface area contributed by atoms with Gasteiger partial charge in [0.15, 0.2) is 0 Å². The van der Waals surface area contributed by atoms with E-state index in [9.17, 15) is 13.2 Å². The number of hydrogen-bond donors (Lipinski definition) is 2. The van der Waals surface area contributed by atoms with Crippen molar-refractivity contribution in [3.8, 4) is 0 Å². The van der Waals surface area contributed by atoms with Crippen LogP contribution in [-0.2, 0) is 26.8 Å². The van der Waals surface area contributed by atoms with Crippen molar-refractivity contribution in [3.05, 3.63) is 65.7 Å². The van der Waals surface area contributed by atoms with Gasteiger partial charge in [-0.15, -0.1) is 0 Å². The molecule has 4 saturated carbocycles.